The number of rotatable bonds is 60. The highest BCUT2D eigenvalue weighted by Gasteiger charge is 2.19. The van der Waals surface area contributed by atoms with Crippen LogP contribution >= 0.6 is 0 Å². The quantitative estimate of drug-likeness (QED) is 0.0261. The molecule has 0 aromatic heterocycles. The minimum Gasteiger partial charge on any atom is -0.462 e. The molecule has 0 aromatic carbocycles. The lowest BCUT2D eigenvalue weighted by Gasteiger charge is -2.18. The number of carbonyl (C=O) groups excluding carboxylic acids is 3. The number of carbonyl (C=O) groups is 3. The minimum absolute atomic E-state index is 0.0774. The summed E-state index contributed by atoms with van der Waals surface area (Å²) in [5.41, 5.74) is 0. The Morgan fingerprint density at radius 2 is 0.506 bits per heavy atom. The number of esters is 3. The van der Waals surface area contributed by atoms with E-state index in [1.807, 2.05) is 0 Å². The Kier molecular flexibility index (Phi) is 62.2. The smallest absolute Gasteiger partial charge is 0.306 e. The standard InChI is InChI=1S/C71H124O6/c1-4-7-10-13-16-19-22-25-27-28-29-30-31-32-33-34-35-36-37-38-39-40-41-42-44-46-49-52-55-58-61-64-70(73)76-67-68(66-75-69(72)63-60-57-54-51-48-45-24-21-18-15-12-9-6-3)77-71(74)65-62-59-56-53-50-47-43-26-23-20-17-14-11-8-5-2/h7,10,16-17,19-20,25-27,29-30,32-33,43,68H,4-6,8-9,11-15,18,21-24,28,31,34-42,44-67H2,1-3H3/b10-7-,19-16-,20-17-,27-25-,30-29-,33-32-,43-26-. The zero-order chi connectivity index (χ0) is 55.7. The first-order valence-corrected chi connectivity index (χ1v) is 33.1. The van der Waals surface area contributed by atoms with Crippen LogP contribution in [0.1, 0.15) is 329 Å². The molecule has 0 saturated carbocycles. The van der Waals surface area contributed by atoms with Crippen molar-refractivity contribution in [3.8, 4) is 0 Å². The highest BCUT2D eigenvalue weighted by Crippen LogP contribution is 2.17. The normalized spacial score (nSPS) is 12.6. The van der Waals surface area contributed by atoms with E-state index in [0.29, 0.717) is 19.3 Å². The molecule has 0 aliphatic heterocycles. The average Bonchev–Trinajstić information content (AvgIpc) is 3.43. The van der Waals surface area contributed by atoms with Crippen molar-refractivity contribution in [1.29, 1.82) is 0 Å². The van der Waals surface area contributed by atoms with Crippen LogP contribution in [0.2, 0.25) is 0 Å². The molecule has 6 heteroatoms. The minimum atomic E-state index is -0.781. The summed E-state index contributed by atoms with van der Waals surface area (Å²) in [7, 11) is 0. The van der Waals surface area contributed by atoms with Crippen molar-refractivity contribution in [3.63, 3.8) is 0 Å². The van der Waals surface area contributed by atoms with Gasteiger partial charge in [0.05, 0.1) is 0 Å². The Bertz CT molecular complexity index is 1470. The largest absolute Gasteiger partial charge is 0.462 e. The second kappa shape index (κ2) is 65.1. The van der Waals surface area contributed by atoms with E-state index in [1.54, 1.807) is 0 Å². The fourth-order valence-corrected chi connectivity index (χ4v) is 9.44. The maximum Gasteiger partial charge on any atom is 0.306 e. The van der Waals surface area contributed by atoms with Gasteiger partial charge < -0.3 is 14.2 Å². The molecule has 0 saturated heterocycles. The third kappa shape index (κ3) is 63.3. The van der Waals surface area contributed by atoms with E-state index in [2.05, 4.69) is 106 Å². The Hall–Kier alpha value is -3.41. The van der Waals surface area contributed by atoms with Crippen molar-refractivity contribution in [2.24, 2.45) is 0 Å². The summed E-state index contributed by atoms with van der Waals surface area (Å²) in [5.74, 6) is -0.876. The SMILES string of the molecule is CC/C=C\C/C=C\C/C=C\C/C=C\C/C=C\CCCCCCCCCCCCCCCCCC(=O)OCC(COC(=O)CCCCCCCCCCCCCCC)OC(=O)CCCCCCC/C=C\C/C=C\CCCCC. The number of hydrogen-bond donors (Lipinski definition) is 0. The third-order valence-corrected chi connectivity index (χ3v) is 14.4. The van der Waals surface area contributed by atoms with E-state index in [-0.39, 0.29) is 31.1 Å². The van der Waals surface area contributed by atoms with Crippen LogP contribution in [0.15, 0.2) is 85.1 Å². The first-order chi connectivity index (χ1) is 38.0. The van der Waals surface area contributed by atoms with Crippen molar-refractivity contribution in [1.82, 2.24) is 0 Å². The topological polar surface area (TPSA) is 78.9 Å². The fourth-order valence-electron chi connectivity index (χ4n) is 9.44. The van der Waals surface area contributed by atoms with Gasteiger partial charge in [-0.1, -0.05) is 298 Å². The Labute approximate surface area is 477 Å². The van der Waals surface area contributed by atoms with E-state index in [1.165, 1.54) is 173 Å². The Balaban J connectivity index is 4.19. The van der Waals surface area contributed by atoms with Gasteiger partial charge in [-0.2, -0.15) is 0 Å². The molecule has 444 valence electrons. The highest BCUT2D eigenvalue weighted by atomic mass is 16.6. The van der Waals surface area contributed by atoms with Gasteiger partial charge in [0.1, 0.15) is 13.2 Å². The second-order valence-corrected chi connectivity index (χ2v) is 22.0. The summed E-state index contributed by atoms with van der Waals surface area (Å²) in [6.07, 6.45) is 86.0. The maximum absolute atomic E-state index is 12.9. The van der Waals surface area contributed by atoms with Gasteiger partial charge in [-0.15, -0.1) is 0 Å². The van der Waals surface area contributed by atoms with Crippen LogP contribution in [0.4, 0.5) is 0 Å². The average molecular weight is 1070 g/mol. The molecule has 0 fully saturated rings. The molecule has 0 amide bonds. The number of ether oxygens (including phenoxy) is 3. The lowest BCUT2D eigenvalue weighted by molar-refractivity contribution is -0.167. The van der Waals surface area contributed by atoms with E-state index in [0.717, 1.165) is 116 Å². The van der Waals surface area contributed by atoms with Crippen LogP contribution < -0.4 is 0 Å². The summed E-state index contributed by atoms with van der Waals surface area (Å²) < 4.78 is 16.9. The monoisotopic (exact) mass is 1070 g/mol. The molecule has 0 aromatic rings. The van der Waals surface area contributed by atoms with Crippen LogP contribution in [-0.2, 0) is 28.6 Å². The molecule has 0 heterocycles. The molecule has 0 radical (unpaired) electrons. The Morgan fingerprint density at radius 1 is 0.273 bits per heavy atom. The molecule has 0 aliphatic rings. The predicted molar refractivity (Wildman–Crippen MR) is 334 cm³/mol. The number of allylic oxidation sites excluding steroid dienone is 14. The molecule has 1 unspecified atom stereocenters. The number of hydrogen-bond acceptors (Lipinski definition) is 6. The summed E-state index contributed by atoms with van der Waals surface area (Å²) >= 11 is 0. The fraction of sp³-hybridized carbons (Fsp3) is 0.761. The molecule has 0 aliphatic carbocycles. The van der Waals surface area contributed by atoms with Crippen LogP contribution in [0.3, 0.4) is 0 Å². The zero-order valence-electron chi connectivity index (χ0n) is 51.0. The summed E-state index contributed by atoms with van der Waals surface area (Å²) in [4.78, 5) is 38.3. The van der Waals surface area contributed by atoms with Gasteiger partial charge in [0.15, 0.2) is 6.10 Å². The molecule has 1 atom stereocenters. The van der Waals surface area contributed by atoms with Crippen molar-refractivity contribution >= 4 is 17.9 Å². The molecule has 77 heavy (non-hydrogen) atoms. The van der Waals surface area contributed by atoms with Crippen molar-refractivity contribution in [3.05, 3.63) is 85.1 Å². The van der Waals surface area contributed by atoms with E-state index in [4.69, 9.17) is 14.2 Å². The van der Waals surface area contributed by atoms with Gasteiger partial charge >= 0.3 is 17.9 Å². The molecular formula is C71H124O6. The third-order valence-electron chi connectivity index (χ3n) is 14.4. The van der Waals surface area contributed by atoms with Crippen LogP contribution in [-0.4, -0.2) is 37.2 Å². The van der Waals surface area contributed by atoms with Gasteiger partial charge in [-0.25, -0.2) is 0 Å². The van der Waals surface area contributed by atoms with E-state index < -0.39 is 6.10 Å². The van der Waals surface area contributed by atoms with Crippen LogP contribution in [0, 0.1) is 0 Å². The molecule has 0 bridgehead atoms. The van der Waals surface area contributed by atoms with Gasteiger partial charge in [0, 0.05) is 19.3 Å². The lowest BCUT2D eigenvalue weighted by atomic mass is 10.0. The second-order valence-electron chi connectivity index (χ2n) is 22.0. The summed E-state index contributed by atoms with van der Waals surface area (Å²) in [6, 6.07) is 0. The summed E-state index contributed by atoms with van der Waals surface area (Å²) in [6.45, 7) is 6.52. The van der Waals surface area contributed by atoms with Gasteiger partial charge in [-0.05, 0) is 96.3 Å². The molecule has 0 rings (SSSR count). The molecule has 6 nitrogen and oxygen atoms in total. The molecule has 0 N–H and O–H groups in total. The van der Waals surface area contributed by atoms with E-state index in [9.17, 15) is 14.4 Å². The first kappa shape index (κ1) is 73.6. The van der Waals surface area contributed by atoms with Crippen LogP contribution in [0.25, 0.3) is 0 Å². The lowest BCUT2D eigenvalue weighted by Crippen LogP contribution is -2.30. The Morgan fingerprint density at radius 3 is 0.818 bits per heavy atom. The highest BCUT2D eigenvalue weighted by molar-refractivity contribution is 5.71. The van der Waals surface area contributed by atoms with E-state index >= 15 is 0 Å². The molecule has 0 spiro atoms. The molecular weight excluding hydrogens is 949 g/mol. The first-order valence-electron chi connectivity index (χ1n) is 33.1. The zero-order valence-corrected chi connectivity index (χ0v) is 51.0. The predicted octanol–water partition coefficient (Wildman–Crippen LogP) is 22.7. The van der Waals surface area contributed by atoms with Gasteiger partial charge in [0.25, 0.3) is 0 Å². The van der Waals surface area contributed by atoms with Crippen molar-refractivity contribution < 1.29 is 28.6 Å². The number of unbranched alkanes of at least 4 members (excludes halogenated alkanes) is 35. The van der Waals surface area contributed by atoms with Gasteiger partial charge in [0.2, 0.25) is 0 Å². The van der Waals surface area contributed by atoms with Crippen molar-refractivity contribution in [2.75, 3.05) is 13.2 Å². The maximum atomic E-state index is 12.9. The van der Waals surface area contributed by atoms with Crippen LogP contribution in [0.5, 0.6) is 0 Å². The van der Waals surface area contributed by atoms with Crippen molar-refractivity contribution in [2.45, 2.75) is 335 Å². The van der Waals surface area contributed by atoms with Gasteiger partial charge in [-0.3, -0.25) is 14.4 Å². The summed E-state index contributed by atoms with van der Waals surface area (Å²) in [5, 5.41) is 0.